The molecule has 0 aliphatic carbocycles. The van der Waals surface area contributed by atoms with Crippen LogP contribution >= 0.6 is 0 Å². The fourth-order valence-electron chi connectivity index (χ4n) is 2.94. The summed E-state index contributed by atoms with van der Waals surface area (Å²) < 4.78 is 26.4. The number of amides is 2. The molecule has 1 N–H and O–H groups in total. The number of piperazine rings is 1. The van der Waals surface area contributed by atoms with Gasteiger partial charge in [0.1, 0.15) is 17.5 Å². The van der Waals surface area contributed by atoms with Crippen molar-refractivity contribution in [1.29, 1.82) is 0 Å². The van der Waals surface area contributed by atoms with Crippen molar-refractivity contribution in [3.8, 4) is 0 Å². The van der Waals surface area contributed by atoms with Crippen LogP contribution in [0.1, 0.15) is 23.7 Å². The molecule has 1 fully saturated rings. The predicted molar refractivity (Wildman–Crippen MR) is 97.6 cm³/mol. The first-order chi connectivity index (χ1) is 13.0. The molecule has 2 heterocycles. The lowest BCUT2D eigenvalue weighted by Crippen LogP contribution is -2.48. The summed E-state index contributed by atoms with van der Waals surface area (Å²) in [5.74, 6) is -1.35. The molecule has 1 saturated heterocycles. The molecule has 1 aromatic heterocycles. The van der Waals surface area contributed by atoms with E-state index in [1.54, 1.807) is 12.1 Å². The molecule has 142 valence electrons. The zero-order valence-corrected chi connectivity index (χ0v) is 14.9. The summed E-state index contributed by atoms with van der Waals surface area (Å²) in [5, 5.41) is 2.57. The molecule has 1 aromatic carbocycles. The number of rotatable bonds is 4. The molecule has 0 atom stereocenters. The Balaban J connectivity index is 1.61. The Labute approximate surface area is 155 Å². The summed E-state index contributed by atoms with van der Waals surface area (Å²) in [6.07, 6.45) is 1.99. The van der Waals surface area contributed by atoms with Crippen LogP contribution in [-0.4, -0.2) is 47.9 Å². The molecule has 2 aromatic rings. The summed E-state index contributed by atoms with van der Waals surface area (Å²) in [6, 6.07) is 6.09. The Morgan fingerprint density at radius 3 is 2.30 bits per heavy atom. The largest absolute Gasteiger partial charge is 0.353 e. The fourth-order valence-corrected chi connectivity index (χ4v) is 2.94. The first kappa shape index (κ1) is 18.8. The third-order valence-electron chi connectivity index (χ3n) is 4.39. The van der Waals surface area contributed by atoms with Gasteiger partial charge in [-0.25, -0.2) is 13.8 Å². The van der Waals surface area contributed by atoms with Crippen LogP contribution in [0, 0.1) is 11.6 Å². The van der Waals surface area contributed by atoms with Crippen LogP contribution in [0.5, 0.6) is 0 Å². The van der Waals surface area contributed by atoms with Gasteiger partial charge in [0.15, 0.2) is 0 Å². The molecule has 27 heavy (non-hydrogen) atoms. The van der Waals surface area contributed by atoms with Crippen LogP contribution in [-0.2, 0) is 4.79 Å². The Morgan fingerprint density at radius 2 is 1.74 bits per heavy atom. The van der Waals surface area contributed by atoms with Crippen molar-refractivity contribution in [2.45, 2.75) is 13.3 Å². The van der Waals surface area contributed by atoms with E-state index in [1.165, 1.54) is 6.20 Å². The Bertz CT molecular complexity index is 814. The first-order valence-electron chi connectivity index (χ1n) is 8.72. The van der Waals surface area contributed by atoms with Crippen molar-refractivity contribution in [2.24, 2.45) is 0 Å². The van der Waals surface area contributed by atoms with E-state index in [4.69, 9.17) is 0 Å². The Hall–Kier alpha value is -3.03. The number of anilines is 2. The van der Waals surface area contributed by atoms with Crippen LogP contribution in [0.2, 0.25) is 0 Å². The number of hydrogen-bond donors (Lipinski definition) is 1. The van der Waals surface area contributed by atoms with Crippen LogP contribution in [0.4, 0.5) is 20.3 Å². The molecule has 6 nitrogen and oxygen atoms in total. The number of nitrogens with one attached hydrogen (secondary N) is 1. The number of hydrogen-bond acceptors (Lipinski definition) is 4. The smallest absolute Gasteiger partial charge is 0.255 e. The summed E-state index contributed by atoms with van der Waals surface area (Å²) in [5.41, 5.74) is 0.321. The number of pyridine rings is 1. The van der Waals surface area contributed by atoms with Crippen LogP contribution in [0.25, 0.3) is 0 Å². The van der Waals surface area contributed by atoms with Gasteiger partial charge in [0, 0.05) is 44.2 Å². The van der Waals surface area contributed by atoms with Crippen molar-refractivity contribution in [3.05, 3.63) is 53.7 Å². The number of aromatic nitrogens is 1. The van der Waals surface area contributed by atoms with E-state index in [-0.39, 0.29) is 11.5 Å². The van der Waals surface area contributed by atoms with Gasteiger partial charge in [0.2, 0.25) is 5.91 Å². The summed E-state index contributed by atoms with van der Waals surface area (Å²) in [4.78, 5) is 32.1. The highest BCUT2D eigenvalue weighted by atomic mass is 19.1. The van der Waals surface area contributed by atoms with Gasteiger partial charge in [-0.05, 0) is 24.3 Å². The molecule has 0 spiro atoms. The van der Waals surface area contributed by atoms with E-state index >= 15 is 0 Å². The number of benzene rings is 1. The molecule has 0 bridgehead atoms. The lowest BCUT2D eigenvalue weighted by molar-refractivity contribution is -0.131. The maximum Gasteiger partial charge on any atom is 0.255 e. The van der Waals surface area contributed by atoms with Gasteiger partial charge >= 0.3 is 0 Å². The summed E-state index contributed by atoms with van der Waals surface area (Å²) in [7, 11) is 0. The quantitative estimate of drug-likeness (QED) is 0.894. The summed E-state index contributed by atoms with van der Waals surface area (Å²) in [6.45, 7) is 4.53. The third kappa shape index (κ3) is 4.58. The molecule has 3 rings (SSSR count). The number of halogens is 2. The van der Waals surface area contributed by atoms with Crippen molar-refractivity contribution in [3.63, 3.8) is 0 Å². The van der Waals surface area contributed by atoms with Gasteiger partial charge in [-0.3, -0.25) is 9.59 Å². The van der Waals surface area contributed by atoms with Gasteiger partial charge in [-0.2, -0.15) is 0 Å². The first-order valence-corrected chi connectivity index (χ1v) is 8.72. The van der Waals surface area contributed by atoms with E-state index in [1.807, 2.05) is 11.8 Å². The SMILES string of the molecule is CCC(=O)N1CCN(c2ccc(NC(=O)c3cc(F)cc(F)c3)cn2)CC1. The second-order valence-corrected chi connectivity index (χ2v) is 6.24. The molecular formula is C19H20F2N4O2. The minimum Gasteiger partial charge on any atom is -0.353 e. The molecule has 2 amide bonds. The normalized spacial score (nSPS) is 14.2. The van der Waals surface area contributed by atoms with Crippen LogP contribution in [0.15, 0.2) is 36.5 Å². The standard InChI is InChI=1S/C19H20F2N4O2/c1-2-18(26)25-7-5-24(6-8-25)17-4-3-16(12-22-17)23-19(27)13-9-14(20)11-15(21)10-13/h3-4,9-12H,2,5-8H2,1H3,(H,23,27). The van der Waals surface area contributed by atoms with Crippen molar-refractivity contribution in [1.82, 2.24) is 9.88 Å². The molecule has 0 unspecified atom stereocenters. The van der Waals surface area contributed by atoms with Gasteiger partial charge < -0.3 is 15.1 Å². The fraction of sp³-hybridized carbons (Fsp3) is 0.316. The van der Waals surface area contributed by atoms with Gasteiger partial charge in [0.25, 0.3) is 5.91 Å². The second kappa shape index (κ2) is 8.11. The zero-order valence-electron chi connectivity index (χ0n) is 14.9. The highest BCUT2D eigenvalue weighted by molar-refractivity contribution is 6.04. The van der Waals surface area contributed by atoms with E-state index in [0.29, 0.717) is 44.4 Å². The number of carbonyl (C=O) groups excluding carboxylic acids is 2. The minimum atomic E-state index is -0.811. The maximum atomic E-state index is 13.2. The Kier molecular flexibility index (Phi) is 5.63. The van der Waals surface area contributed by atoms with Gasteiger partial charge in [0.05, 0.1) is 11.9 Å². The zero-order chi connectivity index (χ0) is 19.4. The number of carbonyl (C=O) groups is 2. The van der Waals surface area contributed by atoms with E-state index < -0.39 is 17.5 Å². The summed E-state index contributed by atoms with van der Waals surface area (Å²) >= 11 is 0. The topological polar surface area (TPSA) is 65.5 Å². The van der Waals surface area contributed by atoms with Gasteiger partial charge in [-0.1, -0.05) is 6.92 Å². The average molecular weight is 374 g/mol. The van der Waals surface area contributed by atoms with Crippen molar-refractivity contribution < 1.29 is 18.4 Å². The molecule has 0 saturated carbocycles. The third-order valence-corrected chi connectivity index (χ3v) is 4.39. The van der Waals surface area contributed by atoms with Gasteiger partial charge in [-0.15, -0.1) is 0 Å². The minimum absolute atomic E-state index is 0.103. The van der Waals surface area contributed by atoms with Crippen LogP contribution < -0.4 is 10.2 Å². The van der Waals surface area contributed by atoms with E-state index in [9.17, 15) is 18.4 Å². The molecular weight excluding hydrogens is 354 g/mol. The maximum absolute atomic E-state index is 13.2. The van der Waals surface area contributed by atoms with Crippen molar-refractivity contribution >= 4 is 23.3 Å². The lowest BCUT2D eigenvalue weighted by atomic mass is 10.2. The monoisotopic (exact) mass is 374 g/mol. The second-order valence-electron chi connectivity index (χ2n) is 6.24. The van der Waals surface area contributed by atoms with E-state index in [0.717, 1.165) is 18.0 Å². The number of nitrogens with zero attached hydrogens (tertiary/aromatic N) is 3. The van der Waals surface area contributed by atoms with Crippen LogP contribution in [0.3, 0.4) is 0 Å². The highest BCUT2D eigenvalue weighted by Crippen LogP contribution is 2.17. The average Bonchev–Trinajstić information content (AvgIpc) is 2.67. The molecule has 8 heteroatoms. The highest BCUT2D eigenvalue weighted by Gasteiger charge is 2.20. The Morgan fingerprint density at radius 1 is 1.07 bits per heavy atom. The molecule has 1 aliphatic rings. The lowest BCUT2D eigenvalue weighted by Gasteiger charge is -2.35. The van der Waals surface area contributed by atoms with E-state index in [2.05, 4.69) is 15.2 Å². The molecule has 0 radical (unpaired) electrons. The van der Waals surface area contributed by atoms with Crippen molar-refractivity contribution in [2.75, 3.05) is 36.4 Å². The molecule has 1 aliphatic heterocycles. The predicted octanol–water partition coefficient (Wildman–Crippen LogP) is 2.67.